The van der Waals surface area contributed by atoms with Gasteiger partial charge in [-0.2, -0.15) is 0 Å². The number of hydrogen-bond acceptors (Lipinski definition) is 3. The van der Waals surface area contributed by atoms with Crippen LogP contribution in [0.25, 0.3) is 5.65 Å². The number of aliphatic hydroxyl groups excluding tert-OH is 1. The number of rotatable bonds is 1. The normalized spacial score (nSPS) is 19.9. The molecule has 0 bridgehead atoms. The predicted molar refractivity (Wildman–Crippen MR) is 71.1 cm³/mol. The van der Waals surface area contributed by atoms with Gasteiger partial charge in [0.15, 0.2) is 0 Å². The molecule has 1 aliphatic rings. The van der Waals surface area contributed by atoms with Gasteiger partial charge in [0.05, 0.1) is 6.10 Å². The summed E-state index contributed by atoms with van der Waals surface area (Å²) in [7, 11) is 0. The van der Waals surface area contributed by atoms with Crippen LogP contribution in [0.5, 0.6) is 0 Å². The Morgan fingerprint density at radius 2 is 2.32 bits per heavy atom. The minimum Gasteiger partial charge on any atom is -0.391 e. The third kappa shape index (κ3) is 2.21. The highest BCUT2D eigenvalue weighted by Gasteiger charge is 2.24. The summed E-state index contributed by atoms with van der Waals surface area (Å²) in [6.07, 6.45) is 2.98. The van der Waals surface area contributed by atoms with Crippen molar-refractivity contribution in [3.8, 4) is 0 Å². The van der Waals surface area contributed by atoms with E-state index in [4.69, 9.17) is 0 Å². The van der Waals surface area contributed by atoms with Gasteiger partial charge in [0.1, 0.15) is 11.3 Å². The molecule has 1 amide bonds. The fraction of sp³-hybridized carbons (Fsp3) is 0.429. The molecule has 1 fully saturated rings. The standard InChI is InChI=1S/C14H17N3O2/c1-10-4-2-6-13-15-12(9-17(10)13)14(19)16-7-3-5-11(18)8-16/h2,4,6,9,11,18H,3,5,7-8H2,1H3/t11-/m0/s1. The number of pyridine rings is 1. The quantitative estimate of drug-likeness (QED) is 0.838. The molecule has 0 radical (unpaired) electrons. The second kappa shape index (κ2) is 4.66. The van der Waals surface area contributed by atoms with E-state index < -0.39 is 6.10 Å². The molecule has 0 aromatic carbocycles. The molecule has 1 atom stereocenters. The predicted octanol–water partition coefficient (Wildman–Crippen LogP) is 1.24. The first-order valence-corrected chi connectivity index (χ1v) is 6.57. The third-order valence-electron chi connectivity index (χ3n) is 3.60. The second-order valence-corrected chi connectivity index (χ2v) is 5.07. The fourth-order valence-corrected chi connectivity index (χ4v) is 2.55. The van der Waals surface area contributed by atoms with Crippen molar-refractivity contribution < 1.29 is 9.90 Å². The van der Waals surface area contributed by atoms with Crippen LogP contribution in [0.1, 0.15) is 29.0 Å². The zero-order chi connectivity index (χ0) is 13.4. The Morgan fingerprint density at radius 1 is 1.47 bits per heavy atom. The van der Waals surface area contributed by atoms with Crippen LogP contribution < -0.4 is 0 Å². The van der Waals surface area contributed by atoms with Crippen molar-refractivity contribution in [2.24, 2.45) is 0 Å². The van der Waals surface area contributed by atoms with Crippen molar-refractivity contribution in [3.05, 3.63) is 35.8 Å². The Hall–Kier alpha value is -1.88. The van der Waals surface area contributed by atoms with Gasteiger partial charge < -0.3 is 14.4 Å². The maximum atomic E-state index is 12.4. The van der Waals surface area contributed by atoms with Gasteiger partial charge in [0.2, 0.25) is 0 Å². The lowest BCUT2D eigenvalue weighted by Crippen LogP contribution is -2.42. The molecular formula is C14H17N3O2. The molecule has 5 nitrogen and oxygen atoms in total. The highest BCUT2D eigenvalue weighted by molar-refractivity contribution is 5.93. The fourth-order valence-electron chi connectivity index (χ4n) is 2.55. The maximum Gasteiger partial charge on any atom is 0.274 e. The van der Waals surface area contributed by atoms with Gasteiger partial charge in [-0.15, -0.1) is 0 Å². The summed E-state index contributed by atoms with van der Waals surface area (Å²) in [5.74, 6) is -0.0955. The zero-order valence-corrected chi connectivity index (χ0v) is 10.9. The van der Waals surface area contributed by atoms with E-state index in [0.29, 0.717) is 18.8 Å². The number of imidazole rings is 1. The molecule has 1 saturated heterocycles. The number of aliphatic hydroxyl groups is 1. The Labute approximate surface area is 111 Å². The number of aromatic nitrogens is 2. The molecule has 2 aromatic heterocycles. The largest absolute Gasteiger partial charge is 0.391 e. The van der Waals surface area contributed by atoms with E-state index in [1.165, 1.54) is 0 Å². The molecule has 2 aromatic rings. The second-order valence-electron chi connectivity index (χ2n) is 5.07. The van der Waals surface area contributed by atoms with E-state index >= 15 is 0 Å². The Morgan fingerprint density at radius 3 is 3.05 bits per heavy atom. The van der Waals surface area contributed by atoms with Crippen molar-refractivity contribution in [1.82, 2.24) is 14.3 Å². The number of nitrogens with zero attached hydrogens (tertiary/aromatic N) is 3. The van der Waals surface area contributed by atoms with E-state index in [-0.39, 0.29) is 5.91 Å². The van der Waals surface area contributed by atoms with Crippen molar-refractivity contribution >= 4 is 11.6 Å². The van der Waals surface area contributed by atoms with Gasteiger partial charge in [-0.25, -0.2) is 4.98 Å². The van der Waals surface area contributed by atoms with Crippen molar-refractivity contribution in [1.29, 1.82) is 0 Å². The first-order valence-electron chi connectivity index (χ1n) is 6.57. The summed E-state index contributed by atoms with van der Waals surface area (Å²) >= 11 is 0. The molecule has 100 valence electrons. The van der Waals surface area contributed by atoms with Crippen LogP contribution in [0, 0.1) is 6.92 Å². The van der Waals surface area contributed by atoms with Gasteiger partial charge in [-0.3, -0.25) is 4.79 Å². The first kappa shape index (κ1) is 12.2. The minimum atomic E-state index is -0.406. The molecule has 5 heteroatoms. The molecule has 19 heavy (non-hydrogen) atoms. The number of carbonyl (C=O) groups excluding carboxylic acids is 1. The lowest BCUT2D eigenvalue weighted by atomic mass is 10.1. The number of amides is 1. The summed E-state index contributed by atoms with van der Waals surface area (Å²) in [5.41, 5.74) is 2.27. The molecule has 0 aliphatic carbocycles. The summed E-state index contributed by atoms with van der Waals surface area (Å²) in [6.45, 7) is 3.09. The number of carbonyl (C=O) groups is 1. The van der Waals surface area contributed by atoms with Gasteiger partial charge in [0, 0.05) is 25.0 Å². The summed E-state index contributed by atoms with van der Waals surface area (Å²) in [4.78, 5) is 18.4. The molecule has 0 unspecified atom stereocenters. The Bertz CT molecular complexity index is 620. The van der Waals surface area contributed by atoms with Crippen molar-refractivity contribution in [2.75, 3.05) is 13.1 Å². The maximum absolute atomic E-state index is 12.4. The van der Waals surface area contributed by atoms with Gasteiger partial charge >= 0.3 is 0 Å². The summed E-state index contributed by atoms with van der Waals surface area (Å²) in [5, 5.41) is 9.64. The SMILES string of the molecule is Cc1cccc2nc(C(=O)N3CCC[C@H](O)C3)cn12. The number of hydrogen-bond donors (Lipinski definition) is 1. The van der Waals surface area contributed by atoms with Crippen LogP contribution in [0.15, 0.2) is 24.4 Å². The average molecular weight is 259 g/mol. The topological polar surface area (TPSA) is 57.8 Å². The molecule has 0 spiro atoms. The van der Waals surface area contributed by atoms with E-state index in [1.807, 2.05) is 29.5 Å². The lowest BCUT2D eigenvalue weighted by Gasteiger charge is -2.29. The van der Waals surface area contributed by atoms with Gasteiger partial charge in [-0.1, -0.05) is 6.07 Å². The average Bonchev–Trinajstić information content (AvgIpc) is 2.83. The molecular weight excluding hydrogens is 242 g/mol. The number of aryl methyl sites for hydroxylation is 1. The highest BCUT2D eigenvalue weighted by Crippen LogP contribution is 2.15. The van der Waals surface area contributed by atoms with Crippen LogP contribution in [0.2, 0.25) is 0 Å². The monoisotopic (exact) mass is 259 g/mol. The van der Waals surface area contributed by atoms with E-state index in [2.05, 4.69) is 4.98 Å². The van der Waals surface area contributed by atoms with Crippen LogP contribution in [-0.2, 0) is 0 Å². The number of fused-ring (bicyclic) bond motifs is 1. The first-order chi connectivity index (χ1) is 9.15. The molecule has 1 aliphatic heterocycles. The highest BCUT2D eigenvalue weighted by atomic mass is 16.3. The molecule has 1 N–H and O–H groups in total. The van der Waals surface area contributed by atoms with Crippen LogP contribution in [0.4, 0.5) is 0 Å². The van der Waals surface area contributed by atoms with Crippen LogP contribution in [0.3, 0.4) is 0 Å². The third-order valence-corrected chi connectivity index (χ3v) is 3.60. The van der Waals surface area contributed by atoms with Crippen LogP contribution in [-0.4, -0.2) is 44.5 Å². The van der Waals surface area contributed by atoms with Crippen molar-refractivity contribution in [3.63, 3.8) is 0 Å². The Balaban J connectivity index is 1.91. The van der Waals surface area contributed by atoms with E-state index in [0.717, 1.165) is 24.2 Å². The summed E-state index contributed by atoms with van der Waals surface area (Å²) in [6, 6.07) is 5.79. The minimum absolute atomic E-state index is 0.0955. The lowest BCUT2D eigenvalue weighted by molar-refractivity contribution is 0.0469. The zero-order valence-electron chi connectivity index (χ0n) is 10.9. The molecule has 3 heterocycles. The van der Waals surface area contributed by atoms with Gasteiger partial charge in [0.25, 0.3) is 5.91 Å². The van der Waals surface area contributed by atoms with Crippen molar-refractivity contribution in [2.45, 2.75) is 25.9 Å². The smallest absolute Gasteiger partial charge is 0.274 e. The molecule has 0 saturated carbocycles. The summed E-state index contributed by atoms with van der Waals surface area (Å²) < 4.78 is 1.91. The van der Waals surface area contributed by atoms with E-state index in [1.54, 1.807) is 11.1 Å². The van der Waals surface area contributed by atoms with Gasteiger partial charge in [-0.05, 0) is 31.9 Å². The number of likely N-dealkylation sites (tertiary alicyclic amines) is 1. The number of piperidine rings is 1. The number of β-amino-alcohol motifs (C(OH)–C–C–N with tert-alkyl or cyclic N) is 1. The van der Waals surface area contributed by atoms with Crippen LogP contribution >= 0.6 is 0 Å². The Kier molecular flexibility index (Phi) is 2.98. The van der Waals surface area contributed by atoms with E-state index in [9.17, 15) is 9.90 Å². The molecule has 3 rings (SSSR count).